The summed E-state index contributed by atoms with van der Waals surface area (Å²) in [4.78, 5) is 14.2. The third-order valence-electron chi connectivity index (χ3n) is 4.98. The molecular formula is C21H21NO6. The van der Waals surface area contributed by atoms with Crippen LogP contribution in [0.25, 0.3) is 22.3 Å². The Kier molecular flexibility index (Phi) is 4.83. The van der Waals surface area contributed by atoms with Crippen LogP contribution in [0.1, 0.15) is 12.0 Å². The molecule has 1 aromatic heterocycles. The number of benzene rings is 2. The van der Waals surface area contributed by atoms with Gasteiger partial charge in [0.05, 0.1) is 13.2 Å². The van der Waals surface area contributed by atoms with Crippen molar-refractivity contribution in [2.45, 2.75) is 12.8 Å². The van der Waals surface area contributed by atoms with E-state index in [4.69, 9.17) is 9.15 Å². The highest BCUT2D eigenvalue weighted by molar-refractivity contribution is 5.90. The molecule has 7 nitrogen and oxygen atoms in total. The molecule has 2 heterocycles. The molecule has 0 unspecified atom stereocenters. The average molecular weight is 383 g/mol. The third-order valence-corrected chi connectivity index (χ3v) is 4.98. The van der Waals surface area contributed by atoms with Crippen molar-refractivity contribution in [1.82, 2.24) is 4.90 Å². The Morgan fingerprint density at radius 1 is 0.964 bits per heavy atom. The summed E-state index contributed by atoms with van der Waals surface area (Å²) in [5.41, 5.74) is 1.80. The summed E-state index contributed by atoms with van der Waals surface area (Å²) in [5, 5.41) is 30.1. The van der Waals surface area contributed by atoms with E-state index >= 15 is 0 Å². The van der Waals surface area contributed by atoms with Crippen molar-refractivity contribution in [3.63, 3.8) is 0 Å². The number of furan rings is 1. The number of phenolic OH excluding ortho intramolecular Hbond substituents is 3. The van der Waals surface area contributed by atoms with Gasteiger partial charge in [-0.3, -0.25) is 4.79 Å². The van der Waals surface area contributed by atoms with E-state index in [1.54, 1.807) is 29.2 Å². The van der Waals surface area contributed by atoms with Gasteiger partial charge in [0.15, 0.2) is 22.8 Å². The Morgan fingerprint density at radius 2 is 1.71 bits per heavy atom. The van der Waals surface area contributed by atoms with E-state index in [2.05, 4.69) is 0 Å². The van der Waals surface area contributed by atoms with Crippen LogP contribution >= 0.6 is 0 Å². The minimum Gasteiger partial charge on any atom is -0.504 e. The van der Waals surface area contributed by atoms with Gasteiger partial charge < -0.3 is 29.4 Å². The molecule has 1 amide bonds. The second kappa shape index (κ2) is 7.44. The Labute approximate surface area is 161 Å². The molecule has 0 saturated carbocycles. The van der Waals surface area contributed by atoms with Crippen LogP contribution in [0, 0.1) is 0 Å². The fraction of sp³-hybridized carbons (Fsp3) is 0.286. The molecule has 0 aliphatic carbocycles. The molecule has 1 fully saturated rings. The molecule has 7 heteroatoms. The van der Waals surface area contributed by atoms with E-state index in [9.17, 15) is 20.1 Å². The van der Waals surface area contributed by atoms with Gasteiger partial charge in [0.2, 0.25) is 5.91 Å². The van der Waals surface area contributed by atoms with Gasteiger partial charge in [-0.15, -0.1) is 0 Å². The number of nitrogens with zero attached hydrogens (tertiary/aromatic N) is 1. The van der Waals surface area contributed by atoms with Crippen molar-refractivity contribution in [3.05, 3.63) is 42.0 Å². The average Bonchev–Trinajstić information content (AvgIpc) is 3.16. The van der Waals surface area contributed by atoms with Crippen LogP contribution < -0.4 is 0 Å². The summed E-state index contributed by atoms with van der Waals surface area (Å²) >= 11 is 0. The monoisotopic (exact) mass is 383 g/mol. The summed E-state index contributed by atoms with van der Waals surface area (Å²) in [6.07, 6.45) is 0.882. The highest BCUT2D eigenvalue weighted by Crippen LogP contribution is 2.37. The van der Waals surface area contributed by atoms with Crippen molar-refractivity contribution in [1.29, 1.82) is 0 Å². The number of ether oxygens (including phenoxy) is 1. The minimum atomic E-state index is -0.251. The zero-order valence-electron chi connectivity index (χ0n) is 15.2. The van der Waals surface area contributed by atoms with Crippen molar-refractivity contribution < 1.29 is 29.3 Å². The van der Waals surface area contributed by atoms with E-state index in [1.807, 2.05) is 0 Å². The van der Waals surface area contributed by atoms with E-state index in [0.717, 1.165) is 10.9 Å². The minimum absolute atomic E-state index is 0.00695. The van der Waals surface area contributed by atoms with Crippen LogP contribution in [0.2, 0.25) is 0 Å². The van der Waals surface area contributed by atoms with Crippen LogP contribution in [-0.4, -0.2) is 52.4 Å². The largest absolute Gasteiger partial charge is 0.504 e. The third kappa shape index (κ3) is 3.48. The molecule has 4 rings (SSSR count). The highest BCUT2D eigenvalue weighted by atomic mass is 16.5. The fourth-order valence-corrected chi connectivity index (χ4v) is 3.41. The van der Waals surface area contributed by atoms with E-state index in [1.165, 1.54) is 12.1 Å². The van der Waals surface area contributed by atoms with Crippen LogP contribution in [0.3, 0.4) is 0 Å². The van der Waals surface area contributed by atoms with Gasteiger partial charge in [-0.25, -0.2) is 0 Å². The van der Waals surface area contributed by atoms with Gasteiger partial charge in [0.25, 0.3) is 0 Å². The van der Waals surface area contributed by atoms with Crippen LogP contribution in [0.4, 0.5) is 0 Å². The quantitative estimate of drug-likeness (QED) is 0.599. The number of aryl methyl sites for hydroxylation is 1. The summed E-state index contributed by atoms with van der Waals surface area (Å²) in [5.74, 6) is 0.0697. The SMILES string of the molecule is O=C(CCc1ccc(O)c2oc(-c3ccc(O)c(O)c3)cc12)N1CCOCC1. The number of carbonyl (C=O) groups is 1. The summed E-state index contributed by atoms with van der Waals surface area (Å²) in [6, 6.07) is 9.50. The molecule has 0 atom stereocenters. The lowest BCUT2D eigenvalue weighted by Gasteiger charge is -2.26. The lowest BCUT2D eigenvalue weighted by Crippen LogP contribution is -2.40. The van der Waals surface area contributed by atoms with Crippen molar-refractivity contribution in [2.24, 2.45) is 0 Å². The first-order valence-corrected chi connectivity index (χ1v) is 9.15. The zero-order valence-corrected chi connectivity index (χ0v) is 15.2. The van der Waals surface area contributed by atoms with Gasteiger partial charge in [0, 0.05) is 30.5 Å². The molecule has 0 spiro atoms. The van der Waals surface area contributed by atoms with Gasteiger partial charge in [0.1, 0.15) is 5.76 Å². The Bertz CT molecular complexity index is 1020. The van der Waals surface area contributed by atoms with Crippen molar-refractivity contribution >= 4 is 16.9 Å². The lowest BCUT2D eigenvalue weighted by molar-refractivity contribution is -0.135. The van der Waals surface area contributed by atoms with Crippen LogP contribution in [0.5, 0.6) is 17.2 Å². The van der Waals surface area contributed by atoms with Gasteiger partial charge in [-0.1, -0.05) is 6.07 Å². The van der Waals surface area contributed by atoms with E-state index in [0.29, 0.717) is 56.1 Å². The summed E-state index contributed by atoms with van der Waals surface area (Å²) in [6.45, 7) is 2.37. The Morgan fingerprint density at radius 3 is 2.46 bits per heavy atom. The van der Waals surface area contributed by atoms with Gasteiger partial charge in [-0.2, -0.15) is 0 Å². The molecule has 3 aromatic rings. The number of amides is 1. The molecule has 2 aromatic carbocycles. The first-order valence-electron chi connectivity index (χ1n) is 9.15. The van der Waals surface area contributed by atoms with Gasteiger partial charge in [-0.05, 0) is 42.3 Å². The predicted octanol–water partition coefficient (Wildman–Crippen LogP) is 3.01. The van der Waals surface area contributed by atoms with Crippen molar-refractivity contribution in [3.8, 4) is 28.6 Å². The standard InChI is InChI=1S/C21H21NO6/c23-16-4-2-14(11-18(16)25)19-12-15-13(1-5-17(24)21(15)28-19)3-6-20(26)22-7-9-27-10-8-22/h1-2,4-5,11-12,23-25H,3,6-10H2. The Hall–Kier alpha value is -3.19. The van der Waals surface area contributed by atoms with Crippen LogP contribution in [0.15, 0.2) is 40.8 Å². The number of carbonyl (C=O) groups excluding carboxylic acids is 1. The zero-order chi connectivity index (χ0) is 19.7. The lowest BCUT2D eigenvalue weighted by atomic mass is 10.0. The fourth-order valence-electron chi connectivity index (χ4n) is 3.41. The molecule has 0 radical (unpaired) electrons. The molecule has 0 bridgehead atoms. The summed E-state index contributed by atoms with van der Waals surface area (Å²) in [7, 11) is 0. The predicted molar refractivity (Wildman–Crippen MR) is 102 cm³/mol. The maximum atomic E-state index is 12.4. The second-order valence-corrected chi connectivity index (χ2v) is 6.79. The van der Waals surface area contributed by atoms with Gasteiger partial charge >= 0.3 is 0 Å². The Balaban J connectivity index is 1.60. The maximum Gasteiger partial charge on any atom is 0.223 e. The first-order chi connectivity index (χ1) is 13.5. The number of morpholine rings is 1. The number of hydrogen-bond acceptors (Lipinski definition) is 6. The van der Waals surface area contributed by atoms with Crippen molar-refractivity contribution in [2.75, 3.05) is 26.3 Å². The molecule has 28 heavy (non-hydrogen) atoms. The molecule has 1 aliphatic rings. The molecular weight excluding hydrogens is 362 g/mol. The smallest absolute Gasteiger partial charge is 0.223 e. The normalized spacial score (nSPS) is 14.5. The number of fused-ring (bicyclic) bond motifs is 1. The molecule has 146 valence electrons. The number of aromatic hydroxyl groups is 3. The molecule has 3 N–H and O–H groups in total. The number of phenols is 3. The number of rotatable bonds is 4. The summed E-state index contributed by atoms with van der Waals surface area (Å²) < 4.78 is 11.1. The van der Waals surface area contributed by atoms with Crippen LogP contribution in [-0.2, 0) is 16.0 Å². The topological polar surface area (TPSA) is 103 Å². The highest BCUT2D eigenvalue weighted by Gasteiger charge is 2.19. The first kappa shape index (κ1) is 18.2. The molecule has 1 aliphatic heterocycles. The number of hydrogen-bond donors (Lipinski definition) is 3. The maximum absolute atomic E-state index is 12.4. The van der Waals surface area contributed by atoms with E-state index in [-0.39, 0.29) is 23.2 Å². The van der Waals surface area contributed by atoms with E-state index < -0.39 is 0 Å². The second-order valence-electron chi connectivity index (χ2n) is 6.79. The molecule has 1 saturated heterocycles.